The molecule has 1 aromatic heterocycles. The van der Waals surface area contributed by atoms with Crippen molar-refractivity contribution in [3.63, 3.8) is 0 Å². The Hall–Kier alpha value is -3.77. The molecule has 1 aliphatic heterocycles. The second-order valence-electron chi connectivity index (χ2n) is 6.91. The van der Waals surface area contributed by atoms with Crippen LogP contribution in [0.15, 0.2) is 65.0 Å². The number of carbonyl (C=O) groups excluding carboxylic acids is 2. The molecule has 3 aromatic rings. The van der Waals surface area contributed by atoms with Gasteiger partial charge in [-0.2, -0.15) is 5.10 Å². The molecular weight excluding hydrogens is 472 g/mol. The first-order valence-corrected chi connectivity index (χ1v) is 11.4. The van der Waals surface area contributed by atoms with E-state index in [1.165, 1.54) is 36.4 Å². The summed E-state index contributed by atoms with van der Waals surface area (Å²) >= 11 is 6.02. The monoisotopic (exact) mass is 488 g/mol. The fourth-order valence-corrected chi connectivity index (χ4v) is 4.47. The summed E-state index contributed by atoms with van der Waals surface area (Å²) in [5.41, 5.74) is 1.22. The van der Waals surface area contributed by atoms with Crippen LogP contribution in [0.2, 0.25) is 5.02 Å². The van der Waals surface area contributed by atoms with E-state index in [1.807, 2.05) is 0 Å². The van der Waals surface area contributed by atoms with Gasteiger partial charge >= 0.3 is 5.97 Å². The van der Waals surface area contributed by atoms with Gasteiger partial charge < -0.3 is 10.1 Å². The molecule has 2 aromatic carbocycles. The second-order valence-corrected chi connectivity index (χ2v) is 9.00. The third kappa shape index (κ3) is 4.86. The average molecular weight is 489 g/mol. The minimum absolute atomic E-state index is 0.0379. The Kier molecular flexibility index (Phi) is 6.11. The number of sulfonamides is 1. The molecule has 33 heavy (non-hydrogen) atoms. The number of aliphatic imine (C=N–C) groups is 1. The highest BCUT2D eigenvalue weighted by atomic mass is 35.5. The standard InChI is InChI=1S/C20H17ClN6O5S/c1-12(24-19-14-4-2-3-5-17(14)33(30,31)26-19)20(29)32-9-18(28)25-15-8-13(21)6-7-16(15)27-11-22-10-23-27/h2-8,10-12H,9H2,1H3,(H,24,26)(H,25,28)/t12-/m0/s1. The van der Waals surface area contributed by atoms with Crippen molar-refractivity contribution >= 4 is 45.0 Å². The Labute approximate surface area is 193 Å². The minimum atomic E-state index is -3.73. The van der Waals surface area contributed by atoms with E-state index in [0.717, 1.165) is 0 Å². The first kappa shape index (κ1) is 22.4. The molecule has 1 amide bonds. The Morgan fingerprint density at radius 1 is 1.27 bits per heavy atom. The van der Waals surface area contributed by atoms with Gasteiger partial charge in [-0.3, -0.25) is 14.5 Å². The van der Waals surface area contributed by atoms with Crippen molar-refractivity contribution < 1.29 is 22.7 Å². The third-order valence-corrected chi connectivity index (χ3v) is 6.20. The quantitative estimate of drug-likeness (QED) is 0.500. The number of hydrogen-bond donors (Lipinski definition) is 2. The van der Waals surface area contributed by atoms with E-state index in [9.17, 15) is 18.0 Å². The zero-order valence-electron chi connectivity index (χ0n) is 17.1. The lowest BCUT2D eigenvalue weighted by Gasteiger charge is -2.12. The minimum Gasteiger partial charge on any atom is -0.454 e. The molecule has 0 fully saturated rings. The maximum absolute atomic E-state index is 12.4. The smallest absolute Gasteiger partial charge is 0.331 e. The van der Waals surface area contributed by atoms with Crippen LogP contribution in [0.4, 0.5) is 5.69 Å². The zero-order chi connectivity index (χ0) is 23.6. The number of esters is 1. The van der Waals surface area contributed by atoms with Gasteiger partial charge in [-0.25, -0.2) is 22.9 Å². The van der Waals surface area contributed by atoms with Crippen LogP contribution in [0.3, 0.4) is 0 Å². The molecule has 0 spiro atoms. The number of aromatic nitrogens is 3. The van der Waals surface area contributed by atoms with Gasteiger partial charge in [-0.1, -0.05) is 23.7 Å². The number of fused-ring (bicyclic) bond motifs is 1. The van der Waals surface area contributed by atoms with Gasteiger partial charge in [0, 0.05) is 10.6 Å². The predicted octanol–water partition coefficient (Wildman–Crippen LogP) is 1.53. The van der Waals surface area contributed by atoms with Crippen LogP contribution in [0.1, 0.15) is 12.5 Å². The number of rotatable bonds is 6. The number of ether oxygens (including phenoxy) is 1. The zero-order valence-corrected chi connectivity index (χ0v) is 18.7. The maximum Gasteiger partial charge on any atom is 0.331 e. The number of amidine groups is 1. The Morgan fingerprint density at radius 2 is 2.06 bits per heavy atom. The van der Waals surface area contributed by atoms with E-state index >= 15 is 0 Å². The topological polar surface area (TPSA) is 145 Å². The summed E-state index contributed by atoms with van der Waals surface area (Å²) in [5, 5.41) is 7.02. The molecular formula is C20H17ClN6O5S. The molecule has 2 N–H and O–H groups in total. The molecule has 0 saturated heterocycles. The Morgan fingerprint density at radius 3 is 2.82 bits per heavy atom. The van der Waals surface area contributed by atoms with Crippen LogP contribution in [0.25, 0.3) is 5.69 Å². The van der Waals surface area contributed by atoms with Crippen molar-refractivity contribution in [1.82, 2.24) is 19.5 Å². The molecule has 0 unspecified atom stereocenters. The van der Waals surface area contributed by atoms with E-state index in [1.54, 1.807) is 30.3 Å². The summed E-state index contributed by atoms with van der Waals surface area (Å²) < 4.78 is 33.1. The summed E-state index contributed by atoms with van der Waals surface area (Å²) in [7, 11) is -3.73. The second kappa shape index (κ2) is 9.00. The Bertz CT molecular complexity index is 1360. The van der Waals surface area contributed by atoms with Crippen LogP contribution < -0.4 is 10.0 Å². The van der Waals surface area contributed by atoms with Gasteiger partial charge in [0.1, 0.15) is 24.5 Å². The molecule has 2 heterocycles. The number of amides is 1. The summed E-state index contributed by atoms with van der Waals surface area (Å²) in [6.45, 7) is 0.849. The lowest BCUT2D eigenvalue weighted by molar-refractivity contribution is -0.148. The highest BCUT2D eigenvalue weighted by Crippen LogP contribution is 2.24. The fraction of sp³-hybridized carbons (Fsp3) is 0.150. The normalized spacial score (nSPS) is 16.0. The van der Waals surface area contributed by atoms with E-state index in [0.29, 0.717) is 22.0 Å². The van der Waals surface area contributed by atoms with Crippen LogP contribution in [-0.4, -0.2) is 53.5 Å². The first-order valence-electron chi connectivity index (χ1n) is 9.55. The highest BCUT2D eigenvalue weighted by Gasteiger charge is 2.31. The van der Waals surface area contributed by atoms with Gasteiger partial charge in [-0.05, 0) is 37.3 Å². The van der Waals surface area contributed by atoms with Crippen molar-refractivity contribution in [3.05, 3.63) is 65.7 Å². The van der Waals surface area contributed by atoms with Gasteiger partial charge in [0.25, 0.3) is 15.9 Å². The van der Waals surface area contributed by atoms with Gasteiger partial charge in [0.05, 0.1) is 16.3 Å². The molecule has 0 radical (unpaired) electrons. The number of nitrogens with zero attached hydrogens (tertiary/aromatic N) is 4. The SMILES string of the molecule is C[C@H](N=C1NS(=O)(=O)c2ccccc21)C(=O)OCC(=O)Nc1cc(Cl)ccc1-n1cncn1. The summed E-state index contributed by atoms with van der Waals surface area (Å²) in [4.78, 5) is 32.8. The van der Waals surface area contributed by atoms with Gasteiger partial charge in [0.2, 0.25) is 0 Å². The van der Waals surface area contributed by atoms with Crippen molar-refractivity contribution in [2.45, 2.75) is 17.9 Å². The van der Waals surface area contributed by atoms with Crippen molar-refractivity contribution in [3.8, 4) is 5.69 Å². The molecule has 13 heteroatoms. The molecule has 1 atom stereocenters. The lowest BCUT2D eigenvalue weighted by Crippen LogP contribution is -2.29. The lowest BCUT2D eigenvalue weighted by atomic mass is 10.2. The largest absolute Gasteiger partial charge is 0.454 e. The Balaban J connectivity index is 1.40. The molecule has 170 valence electrons. The average Bonchev–Trinajstić information content (AvgIpc) is 3.39. The molecule has 0 saturated carbocycles. The summed E-state index contributed by atoms with van der Waals surface area (Å²) in [6, 6.07) is 10.0. The van der Waals surface area contributed by atoms with Crippen molar-refractivity contribution in [1.29, 1.82) is 0 Å². The number of hydrogen-bond acceptors (Lipinski definition) is 8. The molecule has 4 rings (SSSR count). The van der Waals surface area contributed by atoms with Crippen molar-refractivity contribution in [2.24, 2.45) is 4.99 Å². The van der Waals surface area contributed by atoms with Crippen LogP contribution in [0.5, 0.6) is 0 Å². The number of halogens is 1. The van der Waals surface area contributed by atoms with Gasteiger partial charge in [-0.15, -0.1) is 0 Å². The molecule has 0 aliphatic carbocycles. The van der Waals surface area contributed by atoms with Crippen LogP contribution in [0, 0.1) is 0 Å². The number of benzene rings is 2. The molecule has 0 bridgehead atoms. The van der Waals surface area contributed by atoms with E-state index in [2.05, 4.69) is 25.1 Å². The maximum atomic E-state index is 12.4. The molecule has 1 aliphatic rings. The third-order valence-electron chi connectivity index (χ3n) is 4.57. The van der Waals surface area contributed by atoms with Crippen molar-refractivity contribution in [2.75, 3.05) is 11.9 Å². The van der Waals surface area contributed by atoms with Crippen LogP contribution >= 0.6 is 11.6 Å². The summed E-state index contributed by atoms with van der Waals surface area (Å²) in [5.74, 6) is -1.38. The molecule has 11 nitrogen and oxygen atoms in total. The number of carbonyl (C=O) groups is 2. The number of nitrogens with one attached hydrogen (secondary N) is 2. The van der Waals surface area contributed by atoms with Crippen LogP contribution in [-0.2, 0) is 24.3 Å². The fourth-order valence-electron chi connectivity index (χ4n) is 3.06. The van der Waals surface area contributed by atoms with E-state index in [4.69, 9.17) is 16.3 Å². The predicted molar refractivity (Wildman–Crippen MR) is 119 cm³/mol. The van der Waals surface area contributed by atoms with E-state index < -0.39 is 34.5 Å². The summed E-state index contributed by atoms with van der Waals surface area (Å²) in [6.07, 6.45) is 2.79. The first-order chi connectivity index (χ1) is 15.7. The van der Waals surface area contributed by atoms with E-state index in [-0.39, 0.29) is 10.7 Å². The highest BCUT2D eigenvalue weighted by molar-refractivity contribution is 7.90. The van der Waals surface area contributed by atoms with Gasteiger partial charge in [0.15, 0.2) is 6.61 Å². The number of anilines is 1.